The average molecular weight is 563 g/mol. The Morgan fingerprint density at radius 2 is 0.714 bits per heavy atom. The van der Waals surface area contributed by atoms with Crippen molar-refractivity contribution in [3.8, 4) is 0 Å². The molecular formula is C23H53N2O7P3. The molecule has 0 radical (unpaired) electrons. The molecular weight excluding hydrogens is 509 g/mol. The van der Waals surface area contributed by atoms with E-state index in [0.29, 0.717) is 12.8 Å². The standard InChI is InChI=1S/C23H53N2O7P3/c1-33(26,31-34(27,28)22-18-14-10-6-2-4-8-12-16-20-24)32-35(29,30)23-19-15-11-7-3-5-9-13-17-21-25/h2-25H2,1H3,(H,27,28)(H,29,30). The van der Waals surface area contributed by atoms with E-state index in [0.717, 1.165) is 96.8 Å². The largest absolute Gasteiger partial charge is 0.341 e. The molecule has 0 saturated carbocycles. The lowest BCUT2D eigenvalue weighted by Crippen LogP contribution is -1.99. The smallest absolute Gasteiger partial charge is 0.330 e. The van der Waals surface area contributed by atoms with Crippen molar-refractivity contribution in [3.05, 3.63) is 0 Å². The summed E-state index contributed by atoms with van der Waals surface area (Å²) in [6, 6.07) is 0. The summed E-state index contributed by atoms with van der Waals surface area (Å²) in [5.41, 5.74) is 10.9. The van der Waals surface area contributed by atoms with E-state index in [1.807, 2.05) is 0 Å². The highest BCUT2D eigenvalue weighted by molar-refractivity contribution is 7.71. The number of rotatable bonds is 26. The zero-order chi connectivity index (χ0) is 26.5. The number of hydrogen-bond donors (Lipinski definition) is 4. The predicted octanol–water partition coefficient (Wildman–Crippen LogP) is 7.15. The van der Waals surface area contributed by atoms with Gasteiger partial charge < -0.3 is 21.3 Å². The Morgan fingerprint density at radius 1 is 0.486 bits per heavy atom. The summed E-state index contributed by atoms with van der Waals surface area (Å²) in [7, 11) is -12.5. The fourth-order valence-electron chi connectivity index (χ4n) is 3.95. The van der Waals surface area contributed by atoms with Gasteiger partial charge >= 0.3 is 22.8 Å². The number of nitrogens with two attached hydrogens (primary N) is 2. The second kappa shape index (κ2) is 21.4. The van der Waals surface area contributed by atoms with Crippen molar-refractivity contribution in [1.29, 1.82) is 0 Å². The fraction of sp³-hybridized carbons (Fsp3) is 1.00. The van der Waals surface area contributed by atoms with Gasteiger partial charge in [0, 0.05) is 6.66 Å². The van der Waals surface area contributed by atoms with Crippen LogP contribution in [0.25, 0.3) is 0 Å². The number of unbranched alkanes of at least 4 members (excludes halogenated alkanes) is 16. The van der Waals surface area contributed by atoms with Gasteiger partial charge in [-0.25, -0.2) is 8.62 Å². The molecule has 212 valence electrons. The molecule has 0 rings (SSSR count). The summed E-state index contributed by atoms with van der Waals surface area (Å²) in [5.74, 6) is 0. The van der Waals surface area contributed by atoms with Crippen molar-refractivity contribution in [2.45, 2.75) is 116 Å². The lowest BCUT2D eigenvalue weighted by molar-refractivity contribution is 0.317. The van der Waals surface area contributed by atoms with Gasteiger partial charge in [-0.15, -0.1) is 0 Å². The van der Waals surface area contributed by atoms with Gasteiger partial charge in [-0.2, -0.15) is 0 Å². The molecule has 0 spiro atoms. The van der Waals surface area contributed by atoms with Crippen LogP contribution >= 0.6 is 22.8 Å². The molecule has 12 heteroatoms. The third-order valence-electron chi connectivity index (χ3n) is 5.84. The van der Waals surface area contributed by atoms with Crippen molar-refractivity contribution < 1.29 is 32.1 Å². The molecule has 9 nitrogen and oxygen atoms in total. The van der Waals surface area contributed by atoms with E-state index in [4.69, 9.17) is 20.1 Å². The molecule has 0 fully saturated rings. The summed E-state index contributed by atoms with van der Waals surface area (Å²) < 4.78 is 46.7. The van der Waals surface area contributed by atoms with Gasteiger partial charge in [-0.3, -0.25) is 13.7 Å². The second-order valence-corrected chi connectivity index (χ2v) is 15.9. The monoisotopic (exact) mass is 562 g/mol. The van der Waals surface area contributed by atoms with Crippen molar-refractivity contribution in [1.82, 2.24) is 0 Å². The van der Waals surface area contributed by atoms with Gasteiger partial charge in [0.15, 0.2) is 0 Å². The predicted molar refractivity (Wildman–Crippen MR) is 146 cm³/mol. The maximum atomic E-state index is 12.5. The lowest BCUT2D eigenvalue weighted by atomic mass is 10.1. The molecule has 2 atom stereocenters. The van der Waals surface area contributed by atoms with Crippen LogP contribution in [-0.2, 0) is 22.3 Å². The van der Waals surface area contributed by atoms with E-state index in [-0.39, 0.29) is 12.3 Å². The minimum atomic E-state index is -4.17. The van der Waals surface area contributed by atoms with E-state index >= 15 is 0 Å². The molecule has 0 aliphatic heterocycles. The van der Waals surface area contributed by atoms with Crippen molar-refractivity contribution in [2.24, 2.45) is 11.5 Å². The Balaban J connectivity index is 3.99. The third-order valence-corrected chi connectivity index (χ3v) is 12.0. The van der Waals surface area contributed by atoms with E-state index < -0.39 is 22.8 Å². The SMILES string of the molecule is CP(=O)(OP(=O)(O)CCCCCCCCCCCN)OP(=O)(O)CCCCCCCCCCCN. The highest BCUT2D eigenvalue weighted by Crippen LogP contribution is 2.67. The topological polar surface area (TPSA) is 162 Å². The lowest BCUT2D eigenvalue weighted by Gasteiger charge is -2.20. The molecule has 0 aliphatic rings. The molecule has 0 aromatic rings. The fourth-order valence-corrected chi connectivity index (χ4v) is 9.94. The van der Waals surface area contributed by atoms with Gasteiger partial charge in [-0.05, 0) is 38.8 Å². The summed E-state index contributed by atoms with van der Waals surface area (Å²) in [5, 5.41) is 0. The zero-order valence-electron chi connectivity index (χ0n) is 22.0. The minimum Gasteiger partial charge on any atom is -0.330 e. The highest BCUT2D eigenvalue weighted by atomic mass is 31.3. The van der Waals surface area contributed by atoms with Crippen LogP contribution < -0.4 is 11.5 Å². The first-order chi connectivity index (χ1) is 16.5. The van der Waals surface area contributed by atoms with Crippen LogP contribution in [0.4, 0.5) is 0 Å². The zero-order valence-corrected chi connectivity index (χ0v) is 24.7. The van der Waals surface area contributed by atoms with Gasteiger partial charge in [0.25, 0.3) is 0 Å². The highest BCUT2D eigenvalue weighted by Gasteiger charge is 2.36. The molecule has 0 amide bonds. The molecule has 2 unspecified atom stereocenters. The first kappa shape index (κ1) is 35.5. The minimum absolute atomic E-state index is 0.146. The summed E-state index contributed by atoms with van der Waals surface area (Å²) >= 11 is 0. The molecule has 35 heavy (non-hydrogen) atoms. The Kier molecular flexibility index (Phi) is 21.7. The molecule has 0 aromatic carbocycles. The normalized spacial score (nSPS) is 17.1. The summed E-state index contributed by atoms with van der Waals surface area (Å²) in [6.45, 7) is 2.46. The Labute approximate surface area is 214 Å². The van der Waals surface area contributed by atoms with Crippen molar-refractivity contribution in [3.63, 3.8) is 0 Å². The van der Waals surface area contributed by atoms with Gasteiger partial charge in [0.2, 0.25) is 0 Å². The van der Waals surface area contributed by atoms with Crippen molar-refractivity contribution >= 4 is 22.8 Å². The second-order valence-electron chi connectivity index (χ2n) is 9.60. The molecule has 6 N–H and O–H groups in total. The Hall–Kier alpha value is 0.450. The van der Waals surface area contributed by atoms with E-state index in [9.17, 15) is 23.5 Å². The van der Waals surface area contributed by atoms with Crippen LogP contribution in [-0.4, -0.2) is 41.9 Å². The van der Waals surface area contributed by atoms with E-state index in [1.54, 1.807) is 0 Å². The maximum Gasteiger partial charge on any atom is 0.341 e. The Bertz CT molecular complexity index is 603. The van der Waals surface area contributed by atoms with Gasteiger partial charge in [0.1, 0.15) is 0 Å². The van der Waals surface area contributed by atoms with Crippen LogP contribution in [0.2, 0.25) is 0 Å². The van der Waals surface area contributed by atoms with Crippen LogP contribution in [0.5, 0.6) is 0 Å². The molecule has 0 aromatic heterocycles. The summed E-state index contributed by atoms with van der Waals surface area (Å²) in [4.78, 5) is 20.1. The van der Waals surface area contributed by atoms with Gasteiger partial charge in [0.05, 0.1) is 12.3 Å². The third kappa shape index (κ3) is 24.5. The van der Waals surface area contributed by atoms with Gasteiger partial charge in [-0.1, -0.05) is 89.9 Å². The van der Waals surface area contributed by atoms with Crippen molar-refractivity contribution in [2.75, 3.05) is 32.1 Å². The van der Waals surface area contributed by atoms with Crippen LogP contribution in [0.15, 0.2) is 0 Å². The van der Waals surface area contributed by atoms with Crippen LogP contribution in [0.1, 0.15) is 116 Å². The van der Waals surface area contributed by atoms with Crippen LogP contribution in [0.3, 0.4) is 0 Å². The average Bonchev–Trinajstić information content (AvgIpc) is 2.74. The molecule has 0 aliphatic carbocycles. The first-order valence-corrected chi connectivity index (χ1v) is 19.1. The Morgan fingerprint density at radius 3 is 0.971 bits per heavy atom. The molecule has 0 bridgehead atoms. The maximum absolute atomic E-state index is 12.5. The quantitative estimate of drug-likeness (QED) is 0.0633. The van der Waals surface area contributed by atoms with E-state index in [2.05, 4.69) is 0 Å². The van der Waals surface area contributed by atoms with Crippen LogP contribution in [0, 0.1) is 0 Å². The number of hydrogen-bond acceptors (Lipinski definition) is 7. The molecule has 0 heterocycles. The summed E-state index contributed by atoms with van der Waals surface area (Å²) in [6.07, 6.45) is 17.7. The molecule has 0 saturated heterocycles. The first-order valence-electron chi connectivity index (χ1n) is 13.6. The van der Waals surface area contributed by atoms with E-state index in [1.165, 1.54) is 25.7 Å².